The first-order valence-corrected chi connectivity index (χ1v) is 11.5. The molecule has 2 amide bonds. The van der Waals surface area contributed by atoms with Crippen molar-refractivity contribution in [3.8, 4) is 11.5 Å². The minimum Gasteiger partial charge on any atom is -0.493 e. The van der Waals surface area contributed by atoms with E-state index in [2.05, 4.69) is 10.6 Å². The summed E-state index contributed by atoms with van der Waals surface area (Å²) in [6.07, 6.45) is 0. The average molecular weight is 496 g/mol. The van der Waals surface area contributed by atoms with Gasteiger partial charge in [0.15, 0.2) is 11.5 Å². The Morgan fingerprint density at radius 2 is 1.71 bits per heavy atom. The number of nitrogens with one attached hydrogen (secondary N) is 2. The number of rotatable bonds is 9. The first-order valence-electron chi connectivity index (χ1n) is 10.6. The lowest BCUT2D eigenvalue weighted by atomic mass is 10.2. The largest absolute Gasteiger partial charge is 0.493 e. The molecule has 0 spiro atoms. The zero-order chi connectivity index (χ0) is 25.5. The highest BCUT2D eigenvalue weighted by molar-refractivity contribution is 8.00. The highest BCUT2D eigenvalue weighted by Gasteiger charge is 2.17. The Hall–Kier alpha value is -4.05. The molecule has 0 aliphatic carbocycles. The maximum Gasteiger partial charge on any atom is 0.269 e. The predicted octanol–water partition coefficient (Wildman–Crippen LogP) is 5.29. The highest BCUT2D eigenvalue weighted by Crippen LogP contribution is 2.30. The van der Waals surface area contributed by atoms with Crippen molar-refractivity contribution in [1.29, 1.82) is 0 Å². The van der Waals surface area contributed by atoms with Gasteiger partial charge >= 0.3 is 0 Å². The molecule has 3 rings (SSSR count). The maximum absolute atomic E-state index is 12.7. The van der Waals surface area contributed by atoms with Crippen LogP contribution in [0, 0.1) is 17.0 Å². The molecule has 3 aromatic rings. The summed E-state index contributed by atoms with van der Waals surface area (Å²) in [6, 6.07) is 16.4. The van der Waals surface area contributed by atoms with E-state index in [1.54, 1.807) is 50.2 Å². The Balaban J connectivity index is 1.65. The SMILES string of the molecule is COc1ccc(C(=O)Nc2cccc(SC(C)C(=O)Nc3ccc([N+](=O)[O-])cc3C)c2)cc1OC. The fourth-order valence-electron chi connectivity index (χ4n) is 3.22. The minimum absolute atomic E-state index is 0.0325. The van der Waals surface area contributed by atoms with Gasteiger partial charge in [-0.25, -0.2) is 0 Å². The molecule has 1 atom stereocenters. The molecule has 182 valence electrons. The molecule has 3 aromatic carbocycles. The number of aryl methyl sites for hydroxylation is 1. The van der Waals surface area contributed by atoms with E-state index < -0.39 is 10.2 Å². The second kappa shape index (κ2) is 11.4. The van der Waals surface area contributed by atoms with Crippen LogP contribution in [0.1, 0.15) is 22.8 Å². The van der Waals surface area contributed by atoms with Crippen molar-refractivity contribution in [3.05, 3.63) is 81.9 Å². The van der Waals surface area contributed by atoms with Gasteiger partial charge in [0.05, 0.1) is 24.4 Å². The summed E-state index contributed by atoms with van der Waals surface area (Å²) in [5.41, 5.74) is 2.07. The van der Waals surface area contributed by atoms with Crippen LogP contribution in [0.3, 0.4) is 0 Å². The normalized spacial score (nSPS) is 11.3. The number of amides is 2. The molecule has 9 nitrogen and oxygen atoms in total. The quantitative estimate of drug-likeness (QED) is 0.235. The number of carbonyl (C=O) groups excluding carboxylic acids is 2. The van der Waals surface area contributed by atoms with Crippen molar-refractivity contribution in [1.82, 2.24) is 0 Å². The molecule has 10 heteroatoms. The molecule has 0 fully saturated rings. The summed E-state index contributed by atoms with van der Waals surface area (Å²) >= 11 is 1.32. The molecule has 0 saturated heterocycles. The first kappa shape index (κ1) is 25.6. The van der Waals surface area contributed by atoms with E-state index in [1.165, 1.54) is 44.2 Å². The average Bonchev–Trinajstić information content (AvgIpc) is 2.84. The van der Waals surface area contributed by atoms with Gasteiger partial charge in [-0.3, -0.25) is 19.7 Å². The van der Waals surface area contributed by atoms with Crippen molar-refractivity contribution in [3.63, 3.8) is 0 Å². The number of non-ortho nitro benzene ring substituents is 1. The van der Waals surface area contributed by atoms with Gasteiger partial charge in [0, 0.05) is 34.0 Å². The lowest BCUT2D eigenvalue weighted by Crippen LogP contribution is -2.22. The summed E-state index contributed by atoms with van der Waals surface area (Å²) in [6.45, 7) is 3.46. The maximum atomic E-state index is 12.7. The molecular weight excluding hydrogens is 470 g/mol. The predicted molar refractivity (Wildman–Crippen MR) is 136 cm³/mol. The van der Waals surface area contributed by atoms with Gasteiger partial charge in [-0.15, -0.1) is 11.8 Å². The standard InChI is InChI=1S/C25H25N3O6S/c1-15-12-19(28(31)32)9-10-21(15)27-24(29)16(2)35-20-7-5-6-18(14-20)26-25(30)17-8-11-22(33-3)23(13-17)34-4/h5-14,16H,1-4H3,(H,26,30)(H,27,29). The lowest BCUT2D eigenvalue weighted by Gasteiger charge is -2.14. The topological polar surface area (TPSA) is 120 Å². The summed E-state index contributed by atoms with van der Waals surface area (Å²) < 4.78 is 10.5. The van der Waals surface area contributed by atoms with Crippen LogP contribution in [0.5, 0.6) is 11.5 Å². The molecular formula is C25H25N3O6S. The summed E-state index contributed by atoms with van der Waals surface area (Å²) in [5.74, 6) is 0.422. The Labute approximate surface area is 207 Å². The number of hydrogen-bond acceptors (Lipinski definition) is 7. The van der Waals surface area contributed by atoms with Crippen LogP contribution < -0.4 is 20.1 Å². The van der Waals surface area contributed by atoms with Crippen LogP contribution in [-0.4, -0.2) is 36.2 Å². The van der Waals surface area contributed by atoms with E-state index >= 15 is 0 Å². The second-order valence-electron chi connectivity index (χ2n) is 7.56. The number of nitro groups is 1. The van der Waals surface area contributed by atoms with Crippen molar-refractivity contribution in [2.75, 3.05) is 24.9 Å². The number of nitro benzene ring substituents is 1. The van der Waals surface area contributed by atoms with Crippen LogP contribution in [-0.2, 0) is 4.79 Å². The Morgan fingerprint density at radius 1 is 0.971 bits per heavy atom. The summed E-state index contributed by atoms with van der Waals surface area (Å²) in [4.78, 5) is 36.6. The lowest BCUT2D eigenvalue weighted by molar-refractivity contribution is -0.384. The zero-order valence-electron chi connectivity index (χ0n) is 19.7. The van der Waals surface area contributed by atoms with Gasteiger partial charge < -0.3 is 20.1 Å². The molecule has 1 unspecified atom stereocenters. The Morgan fingerprint density at radius 3 is 2.37 bits per heavy atom. The van der Waals surface area contributed by atoms with Gasteiger partial charge in [0.25, 0.3) is 11.6 Å². The third-order valence-electron chi connectivity index (χ3n) is 5.10. The molecule has 0 saturated carbocycles. The fraction of sp³-hybridized carbons (Fsp3) is 0.200. The van der Waals surface area contributed by atoms with Crippen LogP contribution in [0.2, 0.25) is 0 Å². The molecule has 0 aliphatic rings. The van der Waals surface area contributed by atoms with Gasteiger partial charge in [0.1, 0.15) is 0 Å². The molecule has 0 aromatic heterocycles. The molecule has 0 heterocycles. The van der Waals surface area contributed by atoms with E-state index in [0.717, 1.165) is 4.90 Å². The number of ether oxygens (including phenoxy) is 2. The number of methoxy groups -OCH3 is 2. The van der Waals surface area contributed by atoms with Crippen molar-refractivity contribution >= 4 is 40.6 Å². The zero-order valence-corrected chi connectivity index (χ0v) is 20.5. The molecule has 0 bridgehead atoms. The van der Waals surface area contributed by atoms with Gasteiger partial charge in [-0.1, -0.05) is 6.07 Å². The minimum atomic E-state index is -0.478. The van der Waals surface area contributed by atoms with Gasteiger partial charge in [-0.05, 0) is 61.9 Å². The smallest absolute Gasteiger partial charge is 0.269 e. The van der Waals surface area contributed by atoms with Crippen molar-refractivity contribution < 1.29 is 24.0 Å². The van der Waals surface area contributed by atoms with E-state index in [-0.39, 0.29) is 17.5 Å². The Kier molecular flexibility index (Phi) is 8.32. The number of carbonyl (C=O) groups is 2. The number of hydrogen-bond donors (Lipinski definition) is 2. The third-order valence-corrected chi connectivity index (χ3v) is 6.19. The number of anilines is 2. The van der Waals surface area contributed by atoms with Crippen molar-refractivity contribution in [2.45, 2.75) is 24.0 Å². The molecule has 2 N–H and O–H groups in total. The third kappa shape index (κ3) is 6.51. The second-order valence-corrected chi connectivity index (χ2v) is 8.97. The first-order chi connectivity index (χ1) is 16.7. The number of benzene rings is 3. The van der Waals surface area contributed by atoms with E-state index in [4.69, 9.17) is 9.47 Å². The Bertz CT molecular complexity index is 1260. The number of thioether (sulfide) groups is 1. The fourth-order valence-corrected chi connectivity index (χ4v) is 4.15. The van der Waals surface area contributed by atoms with Gasteiger partial charge in [0.2, 0.25) is 5.91 Å². The summed E-state index contributed by atoms with van der Waals surface area (Å²) in [7, 11) is 3.02. The van der Waals surface area contributed by atoms with Crippen LogP contribution in [0.15, 0.2) is 65.6 Å². The number of nitrogens with zero attached hydrogens (tertiary/aromatic N) is 1. The monoisotopic (exact) mass is 495 g/mol. The highest BCUT2D eigenvalue weighted by atomic mass is 32.2. The van der Waals surface area contributed by atoms with Crippen LogP contribution in [0.25, 0.3) is 0 Å². The van der Waals surface area contributed by atoms with E-state index in [9.17, 15) is 19.7 Å². The van der Waals surface area contributed by atoms with Crippen LogP contribution in [0.4, 0.5) is 17.1 Å². The van der Waals surface area contributed by atoms with E-state index in [1.807, 2.05) is 6.07 Å². The van der Waals surface area contributed by atoms with E-state index in [0.29, 0.717) is 34.0 Å². The van der Waals surface area contributed by atoms with Crippen LogP contribution >= 0.6 is 11.8 Å². The molecule has 35 heavy (non-hydrogen) atoms. The van der Waals surface area contributed by atoms with Crippen molar-refractivity contribution in [2.24, 2.45) is 0 Å². The van der Waals surface area contributed by atoms with Gasteiger partial charge in [-0.2, -0.15) is 0 Å². The molecule has 0 aliphatic heterocycles. The summed E-state index contributed by atoms with van der Waals surface area (Å²) in [5, 5.41) is 16.1. The molecule has 0 radical (unpaired) electrons.